The van der Waals surface area contributed by atoms with Crippen LogP contribution in [0.2, 0.25) is 0 Å². The molecule has 1 fully saturated rings. The molecule has 0 aromatic heterocycles. The summed E-state index contributed by atoms with van der Waals surface area (Å²) >= 11 is 5.14. The van der Waals surface area contributed by atoms with Crippen LogP contribution >= 0.6 is 12.2 Å². The summed E-state index contributed by atoms with van der Waals surface area (Å²) in [6, 6.07) is 5.55. The summed E-state index contributed by atoms with van der Waals surface area (Å²) in [4.78, 5) is 23.5. The van der Waals surface area contributed by atoms with Crippen LogP contribution in [-0.2, 0) is 9.59 Å². The Hall–Kier alpha value is -1.95. The summed E-state index contributed by atoms with van der Waals surface area (Å²) in [6.45, 7) is 5.51. The molecule has 0 saturated heterocycles. The van der Waals surface area contributed by atoms with Crippen molar-refractivity contribution in [2.75, 3.05) is 10.6 Å². The predicted molar refractivity (Wildman–Crippen MR) is 91.7 cm³/mol. The van der Waals surface area contributed by atoms with Crippen LogP contribution in [0.25, 0.3) is 0 Å². The molecule has 0 spiro atoms. The number of nitrogens with one attached hydrogen (secondary N) is 3. The van der Waals surface area contributed by atoms with Gasteiger partial charge in [-0.25, -0.2) is 0 Å². The molecule has 0 aliphatic heterocycles. The van der Waals surface area contributed by atoms with Crippen molar-refractivity contribution in [2.24, 2.45) is 11.8 Å². The van der Waals surface area contributed by atoms with Gasteiger partial charge in [-0.3, -0.25) is 9.59 Å². The van der Waals surface area contributed by atoms with Crippen molar-refractivity contribution in [1.82, 2.24) is 5.32 Å². The molecule has 22 heavy (non-hydrogen) atoms. The summed E-state index contributed by atoms with van der Waals surface area (Å²) in [5.74, 6) is -0.0447. The standard InChI is InChI=1S/C16H21N3O2S/c1-9(2)14(20)19-16(22)18-13-6-4-5-12(10(13)3)17-15(21)11-7-8-11/h4-6,9,11H,7-8H2,1-3H3,(H,17,21)(H2,18,19,20,22). The monoisotopic (exact) mass is 319 g/mol. The molecular weight excluding hydrogens is 298 g/mol. The number of hydrogen-bond donors (Lipinski definition) is 3. The molecule has 5 nitrogen and oxygen atoms in total. The van der Waals surface area contributed by atoms with Gasteiger partial charge in [0.2, 0.25) is 11.8 Å². The smallest absolute Gasteiger partial charge is 0.228 e. The molecule has 118 valence electrons. The highest BCUT2D eigenvalue weighted by Crippen LogP contribution is 2.31. The lowest BCUT2D eigenvalue weighted by Crippen LogP contribution is -2.36. The zero-order valence-corrected chi connectivity index (χ0v) is 13.8. The Morgan fingerprint density at radius 1 is 1.18 bits per heavy atom. The predicted octanol–water partition coefficient (Wildman–Crippen LogP) is 2.81. The van der Waals surface area contributed by atoms with Crippen LogP contribution in [0.15, 0.2) is 18.2 Å². The number of hydrogen-bond acceptors (Lipinski definition) is 3. The quantitative estimate of drug-likeness (QED) is 0.746. The minimum Gasteiger partial charge on any atom is -0.332 e. The molecule has 0 unspecified atom stereocenters. The van der Waals surface area contributed by atoms with Gasteiger partial charge in [-0.15, -0.1) is 0 Å². The fourth-order valence-electron chi connectivity index (χ4n) is 1.90. The van der Waals surface area contributed by atoms with E-state index < -0.39 is 0 Å². The second-order valence-corrected chi connectivity index (χ2v) is 6.25. The summed E-state index contributed by atoms with van der Waals surface area (Å²) in [6.07, 6.45) is 1.93. The molecule has 0 bridgehead atoms. The van der Waals surface area contributed by atoms with Gasteiger partial charge in [0.15, 0.2) is 5.11 Å². The van der Waals surface area contributed by atoms with Gasteiger partial charge in [0.25, 0.3) is 0 Å². The van der Waals surface area contributed by atoms with E-state index in [-0.39, 0.29) is 28.8 Å². The first-order valence-electron chi connectivity index (χ1n) is 7.40. The van der Waals surface area contributed by atoms with Gasteiger partial charge in [0.1, 0.15) is 0 Å². The van der Waals surface area contributed by atoms with Crippen LogP contribution in [-0.4, -0.2) is 16.9 Å². The zero-order chi connectivity index (χ0) is 16.3. The van der Waals surface area contributed by atoms with Crippen molar-refractivity contribution in [1.29, 1.82) is 0 Å². The number of benzene rings is 1. The minimum atomic E-state index is -0.134. The van der Waals surface area contributed by atoms with Crippen molar-refractivity contribution in [2.45, 2.75) is 33.6 Å². The first-order chi connectivity index (χ1) is 10.4. The molecule has 0 heterocycles. The van der Waals surface area contributed by atoms with E-state index in [4.69, 9.17) is 12.2 Å². The summed E-state index contributed by atoms with van der Waals surface area (Å²) in [5.41, 5.74) is 2.42. The molecule has 0 radical (unpaired) electrons. The average Bonchev–Trinajstić information content (AvgIpc) is 3.27. The Balaban J connectivity index is 2.03. The number of amides is 2. The maximum Gasteiger partial charge on any atom is 0.228 e. The fourth-order valence-corrected chi connectivity index (χ4v) is 2.11. The first kappa shape index (κ1) is 16.4. The normalized spacial score (nSPS) is 13.6. The average molecular weight is 319 g/mol. The molecular formula is C16H21N3O2S. The van der Waals surface area contributed by atoms with Gasteiger partial charge >= 0.3 is 0 Å². The largest absolute Gasteiger partial charge is 0.332 e. The summed E-state index contributed by atoms with van der Waals surface area (Å²) < 4.78 is 0. The van der Waals surface area contributed by atoms with E-state index in [0.717, 1.165) is 29.8 Å². The van der Waals surface area contributed by atoms with E-state index in [1.54, 1.807) is 13.8 Å². The highest BCUT2D eigenvalue weighted by atomic mass is 32.1. The lowest BCUT2D eigenvalue weighted by Gasteiger charge is -2.15. The van der Waals surface area contributed by atoms with Crippen molar-refractivity contribution in [3.05, 3.63) is 23.8 Å². The number of rotatable bonds is 4. The van der Waals surface area contributed by atoms with Crippen LogP contribution in [0.5, 0.6) is 0 Å². The van der Waals surface area contributed by atoms with E-state index in [9.17, 15) is 9.59 Å². The van der Waals surface area contributed by atoms with Crippen molar-refractivity contribution in [3.8, 4) is 0 Å². The van der Waals surface area contributed by atoms with Crippen molar-refractivity contribution in [3.63, 3.8) is 0 Å². The van der Waals surface area contributed by atoms with E-state index in [0.29, 0.717) is 0 Å². The third-order valence-corrected chi connectivity index (χ3v) is 3.75. The Bertz CT molecular complexity index is 609. The first-order valence-corrected chi connectivity index (χ1v) is 7.81. The molecule has 3 N–H and O–H groups in total. The highest BCUT2D eigenvalue weighted by molar-refractivity contribution is 7.80. The summed E-state index contributed by atoms with van der Waals surface area (Å²) in [5, 5.41) is 8.83. The fraction of sp³-hybridized carbons (Fsp3) is 0.438. The van der Waals surface area contributed by atoms with E-state index >= 15 is 0 Å². The SMILES string of the molecule is Cc1c(NC(=O)C2CC2)cccc1NC(=S)NC(=O)C(C)C. The van der Waals surface area contributed by atoms with E-state index in [2.05, 4.69) is 16.0 Å². The second-order valence-electron chi connectivity index (χ2n) is 5.84. The lowest BCUT2D eigenvalue weighted by atomic mass is 10.1. The molecule has 2 amide bonds. The Morgan fingerprint density at radius 3 is 2.32 bits per heavy atom. The van der Waals surface area contributed by atoms with Crippen LogP contribution in [0.4, 0.5) is 11.4 Å². The van der Waals surface area contributed by atoms with Gasteiger partial charge in [0, 0.05) is 23.2 Å². The Morgan fingerprint density at radius 2 is 1.77 bits per heavy atom. The van der Waals surface area contributed by atoms with E-state index in [1.165, 1.54) is 0 Å². The third-order valence-electron chi connectivity index (χ3n) is 3.55. The Kier molecular flexibility index (Phi) is 5.13. The van der Waals surface area contributed by atoms with Crippen LogP contribution < -0.4 is 16.0 Å². The number of carbonyl (C=O) groups excluding carboxylic acids is 2. The second kappa shape index (κ2) is 6.87. The highest BCUT2D eigenvalue weighted by Gasteiger charge is 2.29. The topological polar surface area (TPSA) is 70.2 Å². The lowest BCUT2D eigenvalue weighted by molar-refractivity contribution is -0.122. The molecule has 1 aliphatic carbocycles. The third kappa shape index (κ3) is 4.27. The Labute approximate surface area is 135 Å². The van der Waals surface area contributed by atoms with Crippen molar-refractivity contribution < 1.29 is 9.59 Å². The molecule has 1 saturated carbocycles. The van der Waals surface area contributed by atoms with Crippen LogP contribution in [0.1, 0.15) is 32.3 Å². The molecule has 0 atom stereocenters. The molecule has 6 heteroatoms. The molecule has 1 aromatic carbocycles. The number of anilines is 2. The van der Waals surface area contributed by atoms with Gasteiger partial charge in [-0.1, -0.05) is 19.9 Å². The maximum atomic E-state index is 11.9. The number of carbonyl (C=O) groups is 2. The van der Waals surface area contributed by atoms with Gasteiger partial charge in [0.05, 0.1) is 0 Å². The zero-order valence-electron chi connectivity index (χ0n) is 13.0. The van der Waals surface area contributed by atoms with Crippen LogP contribution in [0, 0.1) is 18.8 Å². The van der Waals surface area contributed by atoms with Crippen molar-refractivity contribution >= 4 is 40.5 Å². The van der Waals surface area contributed by atoms with Gasteiger partial charge < -0.3 is 16.0 Å². The maximum absolute atomic E-state index is 11.9. The van der Waals surface area contributed by atoms with Crippen LogP contribution in [0.3, 0.4) is 0 Å². The van der Waals surface area contributed by atoms with E-state index in [1.807, 2.05) is 25.1 Å². The minimum absolute atomic E-state index is 0.0657. The molecule has 1 aliphatic rings. The van der Waals surface area contributed by atoms with Gasteiger partial charge in [-0.2, -0.15) is 0 Å². The molecule has 1 aromatic rings. The van der Waals surface area contributed by atoms with Gasteiger partial charge in [-0.05, 0) is 49.7 Å². The summed E-state index contributed by atoms with van der Waals surface area (Å²) in [7, 11) is 0. The number of thiocarbonyl (C=S) groups is 1. The molecule has 2 rings (SSSR count).